The Hall–Kier alpha value is -1.31. The summed E-state index contributed by atoms with van der Waals surface area (Å²) in [6.45, 7) is 0. The summed E-state index contributed by atoms with van der Waals surface area (Å²) < 4.78 is 31.9. The van der Waals surface area contributed by atoms with Crippen LogP contribution in [0.3, 0.4) is 0 Å². The van der Waals surface area contributed by atoms with Crippen molar-refractivity contribution in [3.63, 3.8) is 0 Å². The molecule has 0 saturated carbocycles. The van der Waals surface area contributed by atoms with E-state index in [1.165, 1.54) is 6.07 Å². The fraction of sp³-hybridized carbons (Fsp3) is 0. The number of fused-ring (bicyclic) bond motifs is 2. The van der Waals surface area contributed by atoms with Crippen molar-refractivity contribution in [1.82, 2.24) is 0 Å². The van der Waals surface area contributed by atoms with Crippen LogP contribution in [-0.2, 0) is 10.1 Å². The van der Waals surface area contributed by atoms with Crippen molar-refractivity contribution < 1.29 is 13.0 Å². The summed E-state index contributed by atoms with van der Waals surface area (Å²) in [5, 5.41) is 3.32. The second-order valence-corrected chi connectivity index (χ2v) is 5.54. The molecule has 0 fully saturated rings. The molecule has 0 aliphatic rings. The second kappa shape index (κ2) is 4.99. The van der Waals surface area contributed by atoms with Crippen molar-refractivity contribution in [1.29, 1.82) is 0 Å². The van der Waals surface area contributed by atoms with E-state index in [9.17, 15) is 13.0 Å². The summed E-state index contributed by atoms with van der Waals surface area (Å²) in [6.07, 6.45) is 0. The van der Waals surface area contributed by atoms with Crippen LogP contribution in [0.2, 0.25) is 0 Å². The van der Waals surface area contributed by atoms with Crippen LogP contribution in [0, 0.1) is 0 Å². The van der Waals surface area contributed by atoms with Crippen molar-refractivity contribution in [3.8, 4) is 0 Å². The van der Waals surface area contributed by atoms with Crippen LogP contribution < -0.4 is 0 Å². The minimum Gasteiger partial charge on any atom is -0.282 e. The summed E-state index contributed by atoms with van der Waals surface area (Å²) in [5.41, 5.74) is 0. The molecule has 0 aliphatic heterocycles. The zero-order chi connectivity index (χ0) is 12.8. The van der Waals surface area contributed by atoms with E-state index in [0.717, 1.165) is 16.2 Å². The number of benzene rings is 3. The minimum absolute atomic E-state index is 0. The van der Waals surface area contributed by atoms with Crippen LogP contribution in [0.15, 0.2) is 59.5 Å². The van der Waals surface area contributed by atoms with Gasteiger partial charge >= 0.3 is 0 Å². The topological polar surface area (TPSA) is 54.4 Å². The molecular formula is C14H10LiO3S. The molecule has 3 aromatic carbocycles. The van der Waals surface area contributed by atoms with Gasteiger partial charge in [0.1, 0.15) is 4.90 Å². The normalized spacial score (nSPS) is 11.4. The monoisotopic (exact) mass is 265 g/mol. The molecule has 0 saturated heterocycles. The van der Waals surface area contributed by atoms with Crippen LogP contribution in [0.25, 0.3) is 21.5 Å². The number of rotatable bonds is 1. The van der Waals surface area contributed by atoms with Gasteiger partial charge in [0, 0.05) is 24.2 Å². The predicted molar refractivity (Wildman–Crippen MR) is 77.0 cm³/mol. The van der Waals surface area contributed by atoms with E-state index < -0.39 is 10.1 Å². The molecule has 1 radical (unpaired) electrons. The third kappa shape index (κ3) is 2.53. The zero-order valence-corrected chi connectivity index (χ0v) is 11.2. The van der Waals surface area contributed by atoms with Crippen LogP contribution in [0.5, 0.6) is 0 Å². The quantitative estimate of drug-likeness (QED) is 0.418. The van der Waals surface area contributed by atoms with Gasteiger partial charge in [0.05, 0.1) is 0 Å². The summed E-state index contributed by atoms with van der Waals surface area (Å²) in [5.74, 6) is 0. The fourth-order valence-corrected chi connectivity index (χ4v) is 2.87. The van der Waals surface area contributed by atoms with Crippen LogP contribution in [0.4, 0.5) is 0 Å². The Bertz CT molecular complexity index is 857. The van der Waals surface area contributed by atoms with Gasteiger partial charge in [0.25, 0.3) is 10.1 Å². The molecule has 3 rings (SSSR count). The molecule has 0 spiro atoms. The Morgan fingerprint density at radius 2 is 1.37 bits per heavy atom. The molecule has 91 valence electrons. The van der Waals surface area contributed by atoms with Crippen molar-refractivity contribution in [2.45, 2.75) is 4.90 Å². The van der Waals surface area contributed by atoms with E-state index in [0.29, 0.717) is 5.39 Å². The van der Waals surface area contributed by atoms with Crippen molar-refractivity contribution in [3.05, 3.63) is 54.6 Å². The van der Waals surface area contributed by atoms with E-state index in [1.54, 1.807) is 12.1 Å². The third-order valence-corrected chi connectivity index (χ3v) is 3.90. The van der Waals surface area contributed by atoms with Crippen LogP contribution in [-0.4, -0.2) is 31.8 Å². The standard InChI is InChI=1S/C14H10O3S.Li/c15-18(16,17)14-7-3-6-12-8-10-4-1-2-5-11(10)9-13(12)14;/h1-9H,(H,15,16,17);. The Morgan fingerprint density at radius 3 is 2.00 bits per heavy atom. The molecule has 1 N–H and O–H groups in total. The summed E-state index contributed by atoms with van der Waals surface area (Å²) in [6, 6.07) is 16.3. The van der Waals surface area contributed by atoms with Crippen LogP contribution in [0.1, 0.15) is 0 Å². The van der Waals surface area contributed by atoms with Gasteiger partial charge in [-0.15, -0.1) is 0 Å². The largest absolute Gasteiger partial charge is 0.295 e. The zero-order valence-electron chi connectivity index (χ0n) is 10.4. The van der Waals surface area contributed by atoms with E-state index in [1.807, 2.05) is 36.4 Å². The fourth-order valence-electron chi connectivity index (χ4n) is 2.16. The summed E-state index contributed by atoms with van der Waals surface area (Å²) >= 11 is 0. The van der Waals surface area contributed by atoms with E-state index >= 15 is 0 Å². The van der Waals surface area contributed by atoms with Gasteiger partial charge in [-0.25, -0.2) is 0 Å². The van der Waals surface area contributed by atoms with E-state index in [-0.39, 0.29) is 23.8 Å². The molecule has 0 atom stereocenters. The SMILES string of the molecule is O=S(=O)(O)c1cccc2cc3ccccc3cc12.[Li]. The maximum absolute atomic E-state index is 11.3. The second-order valence-electron chi connectivity index (χ2n) is 4.15. The van der Waals surface area contributed by atoms with E-state index in [2.05, 4.69) is 0 Å². The van der Waals surface area contributed by atoms with Gasteiger partial charge in [-0.1, -0.05) is 36.4 Å². The Morgan fingerprint density at radius 1 is 0.789 bits per heavy atom. The van der Waals surface area contributed by atoms with Gasteiger partial charge < -0.3 is 0 Å². The van der Waals surface area contributed by atoms with Crippen molar-refractivity contribution in [2.24, 2.45) is 0 Å². The maximum Gasteiger partial charge on any atom is 0.295 e. The molecule has 0 bridgehead atoms. The molecule has 3 nitrogen and oxygen atoms in total. The van der Waals surface area contributed by atoms with E-state index in [4.69, 9.17) is 0 Å². The predicted octanol–water partition coefficient (Wildman–Crippen LogP) is 2.86. The molecule has 0 aliphatic carbocycles. The number of hydrogen-bond acceptors (Lipinski definition) is 2. The first-order chi connectivity index (χ1) is 8.55. The summed E-state index contributed by atoms with van der Waals surface area (Å²) in [4.78, 5) is -0.0502. The van der Waals surface area contributed by atoms with Crippen molar-refractivity contribution >= 4 is 50.5 Å². The van der Waals surface area contributed by atoms with Gasteiger partial charge in [-0.2, -0.15) is 8.42 Å². The molecule has 5 heteroatoms. The van der Waals surface area contributed by atoms with Gasteiger partial charge in [-0.3, -0.25) is 4.55 Å². The Balaban J connectivity index is 0.00000133. The minimum atomic E-state index is -4.20. The molecular weight excluding hydrogens is 255 g/mol. The molecule has 19 heavy (non-hydrogen) atoms. The van der Waals surface area contributed by atoms with Crippen molar-refractivity contribution in [2.75, 3.05) is 0 Å². The van der Waals surface area contributed by atoms with Gasteiger partial charge in [0.15, 0.2) is 0 Å². The smallest absolute Gasteiger partial charge is 0.282 e. The number of hydrogen-bond donors (Lipinski definition) is 1. The first-order valence-corrected chi connectivity index (χ1v) is 6.89. The summed E-state index contributed by atoms with van der Waals surface area (Å²) in [7, 11) is -4.20. The molecule has 0 unspecified atom stereocenters. The maximum atomic E-state index is 11.3. The molecule has 0 aromatic heterocycles. The first kappa shape index (κ1) is 14.1. The average Bonchev–Trinajstić information content (AvgIpc) is 2.34. The average molecular weight is 265 g/mol. The Labute approximate surface area is 123 Å². The van der Waals surface area contributed by atoms with Gasteiger partial charge in [-0.05, 0) is 34.4 Å². The molecule has 0 heterocycles. The third-order valence-electron chi connectivity index (χ3n) is 2.98. The van der Waals surface area contributed by atoms with Gasteiger partial charge in [0.2, 0.25) is 0 Å². The first-order valence-electron chi connectivity index (χ1n) is 5.45. The van der Waals surface area contributed by atoms with Crippen LogP contribution >= 0.6 is 0 Å². The molecule has 0 amide bonds. The Kier molecular flexibility index (Phi) is 3.70. The molecule has 3 aromatic rings.